The number of hydrogen-bond donors (Lipinski definition) is 0. The number of hydrogen-bond acceptors (Lipinski definition) is 4. The van der Waals surface area contributed by atoms with Crippen LogP contribution < -0.4 is 4.90 Å². The molecule has 3 rings (SSSR count). The van der Waals surface area contributed by atoms with Gasteiger partial charge in [-0.05, 0) is 37.5 Å². The normalized spacial score (nSPS) is 15.1. The van der Waals surface area contributed by atoms with Crippen molar-refractivity contribution in [1.29, 1.82) is 0 Å². The Hall–Kier alpha value is -2.23. The number of carbonyl (C=O) groups is 1. The van der Waals surface area contributed by atoms with Gasteiger partial charge in [-0.1, -0.05) is 12.1 Å². The lowest BCUT2D eigenvalue weighted by molar-refractivity contribution is 0.103. The van der Waals surface area contributed by atoms with Crippen LogP contribution in [0, 0.1) is 0 Å². The fourth-order valence-electron chi connectivity index (χ4n) is 2.66. The zero-order valence-corrected chi connectivity index (χ0v) is 11.3. The Bertz CT molecular complexity index is 592. The molecule has 0 unspecified atom stereocenters. The van der Waals surface area contributed by atoms with Crippen LogP contribution in [0.3, 0.4) is 0 Å². The minimum Gasteiger partial charge on any atom is -0.371 e. The van der Waals surface area contributed by atoms with E-state index < -0.39 is 0 Å². The molecule has 1 aliphatic rings. The molecule has 0 bridgehead atoms. The zero-order chi connectivity index (χ0) is 13.8. The summed E-state index contributed by atoms with van der Waals surface area (Å²) in [7, 11) is 0. The molecule has 0 aliphatic carbocycles. The standard InChI is InChI=1S/C16H17N3O/c20-16(13-8-9-17-18-12-13)14-6-2-3-7-15(14)19-10-4-1-5-11-19/h2-3,6-9,12H,1,4-5,10-11H2. The van der Waals surface area contributed by atoms with E-state index in [1.807, 2.05) is 24.3 Å². The summed E-state index contributed by atoms with van der Waals surface area (Å²) in [6, 6.07) is 9.54. The van der Waals surface area contributed by atoms with Gasteiger partial charge in [-0.15, -0.1) is 0 Å². The summed E-state index contributed by atoms with van der Waals surface area (Å²) in [6.45, 7) is 2.05. The maximum absolute atomic E-state index is 12.6. The van der Waals surface area contributed by atoms with Gasteiger partial charge in [-0.25, -0.2) is 0 Å². The van der Waals surface area contributed by atoms with Crippen molar-refractivity contribution in [1.82, 2.24) is 10.2 Å². The molecule has 0 saturated carbocycles. The molecule has 1 fully saturated rings. The highest BCUT2D eigenvalue weighted by Gasteiger charge is 2.19. The van der Waals surface area contributed by atoms with Crippen molar-refractivity contribution >= 4 is 11.5 Å². The first-order chi connectivity index (χ1) is 9.86. The first-order valence-electron chi connectivity index (χ1n) is 7.01. The van der Waals surface area contributed by atoms with Crippen LogP contribution in [-0.4, -0.2) is 29.1 Å². The third-order valence-corrected chi connectivity index (χ3v) is 3.69. The Labute approximate surface area is 118 Å². The van der Waals surface area contributed by atoms with Crippen molar-refractivity contribution in [3.8, 4) is 0 Å². The van der Waals surface area contributed by atoms with Crippen LogP contribution in [-0.2, 0) is 0 Å². The average molecular weight is 267 g/mol. The van der Waals surface area contributed by atoms with Crippen molar-refractivity contribution in [3.05, 3.63) is 53.9 Å². The van der Waals surface area contributed by atoms with E-state index in [4.69, 9.17) is 0 Å². The largest absolute Gasteiger partial charge is 0.371 e. The quantitative estimate of drug-likeness (QED) is 0.802. The highest BCUT2D eigenvalue weighted by atomic mass is 16.1. The van der Waals surface area contributed by atoms with Gasteiger partial charge in [0.05, 0.1) is 12.4 Å². The first kappa shape index (κ1) is 12.8. The maximum atomic E-state index is 12.6. The highest BCUT2D eigenvalue weighted by molar-refractivity contribution is 6.12. The number of rotatable bonds is 3. The Balaban J connectivity index is 1.95. The molecule has 0 N–H and O–H groups in total. The minimum atomic E-state index is 0.0149. The number of benzene rings is 1. The van der Waals surface area contributed by atoms with Crippen molar-refractivity contribution in [2.75, 3.05) is 18.0 Å². The molecule has 20 heavy (non-hydrogen) atoms. The average Bonchev–Trinajstić information content (AvgIpc) is 2.56. The number of aromatic nitrogens is 2. The summed E-state index contributed by atoms with van der Waals surface area (Å²) < 4.78 is 0. The molecule has 1 aliphatic heterocycles. The third-order valence-electron chi connectivity index (χ3n) is 3.69. The number of nitrogens with zero attached hydrogens (tertiary/aromatic N) is 3. The van der Waals surface area contributed by atoms with Gasteiger partial charge >= 0.3 is 0 Å². The lowest BCUT2D eigenvalue weighted by Crippen LogP contribution is -2.30. The number of piperidine rings is 1. The molecule has 2 heterocycles. The van der Waals surface area contributed by atoms with Crippen LogP contribution in [0.25, 0.3) is 0 Å². The van der Waals surface area contributed by atoms with Gasteiger partial charge in [-0.2, -0.15) is 10.2 Å². The second kappa shape index (κ2) is 5.82. The summed E-state index contributed by atoms with van der Waals surface area (Å²) in [4.78, 5) is 14.9. The van der Waals surface area contributed by atoms with E-state index in [1.54, 1.807) is 12.3 Å². The minimum absolute atomic E-state index is 0.0149. The van der Waals surface area contributed by atoms with E-state index in [0.717, 1.165) is 24.3 Å². The van der Waals surface area contributed by atoms with E-state index in [9.17, 15) is 4.79 Å². The first-order valence-corrected chi connectivity index (χ1v) is 7.01. The zero-order valence-electron chi connectivity index (χ0n) is 11.3. The molecular formula is C16H17N3O. The van der Waals surface area contributed by atoms with E-state index in [1.165, 1.54) is 25.5 Å². The van der Waals surface area contributed by atoms with E-state index in [-0.39, 0.29) is 5.78 Å². The molecule has 0 amide bonds. The molecule has 1 aromatic carbocycles. The Morgan fingerprint density at radius 1 is 1.00 bits per heavy atom. The molecule has 1 aromatic heterocycles. The second-order valence-electron chi connectivity index (χ2n) is 5.03. The molecule has 1 saturated heterocycles. The van der Waals surface area contributed by atoms with Crippen LogP contribution in [0.15, 0.2) is 42.7 Å². The van der Waals surface area contributed by atoms with E-state index in [0.29, 0.717) is 5.56 Å². The smallest absolute Gasteiger partial charge is 0.196 e. The van der Waals surface area contributed by atoms with Crippen LogP contribution in [0.5, 0.6) is 0 Å². The maximum Gasteiger partial charge on any atom is 0.196 e. The van der Waals surface area contributed by atoms with Gasteiger partial charge in [-0.3, -0.25) is 4.79 Å². The number of ketones is 1. The monoisotopic (exact) mass is 267 g/mol. The van der Waals surface area contributed by atoms with Gasteiger partial charge in [0.15, 0.2) is 5.78 Å². The number of carbonyl (C=O) groups excluding carboxylic acids is 1. The molecule has 2 aromatic rings. The van der Waals surface area contributed by atoms with Crippen LogP contribution in [0.1, 0.15) is 35.2 Å². The summed E-state index contributed by atoms with van der Waals surface area (Å²) in [5, 5.41) is 7.51. The van der Waals surface area contributed by atoms with Gasteiger partial charge < -0.3 is 4.90 Å². The Morgan fingerprint density at radius 3 is 2.55 bits per heavy atom. The highest BCUT2D eigenvalue weighted by Crippen LogP contribution is 2.25. The molecule has 4 heteroatoms. The SMILES string of the molecule is O=C(c1ccnnc1)c1ccccc1N1CCCCC1. The van der Waals surface area contributed by atoms with Crippen molar-refractivity contribution in [3.63, 3.8) is 0 Å². The van der Waals surface area contributed by atoms with Crippen molar-refractivity contribution in [2.24, 2.45) is 0 Å². The topological polar surface area (TPSA) is 46.1 Å². The van der Waals surface area contributed by atoms with Crippen LogP contribution in [0.2, 0.25) is 0 Å². The molecule has 0 atom stereocenters. The third kappa shape index (κ3) is 2.54. The fraction of sp³-hybridized carbons (Fsp3) is 0.312. The van der Waals surface area contributed by atoms with Gasteiger partial charge in [0.2, 0.25) is 0 Å². The Kier molecular flexibility index (Phi) is 3.72. The molecule has 102 valence electrons. The molecule has 0 radical (unpaired) electrons. The lowest BCUT2D eigenvalue weighted by atomic mass is 10.0. The van der Waals surface area contributed by atoms with Crippen LogP contribution in [0.4, 0.5) is 5.69 Å². The fourth-order valence-corrected chi connectivity index (χ4v) is 2.66. The van der Waals surface area contributed by atoms with Crippen LogP contribution >= 0.6 is 0 Å². The lowest BCUT2D eigenvalue weighted by Gasteiger charge is -2.30. The predicted molar refractivity (Wildman–Crippen MR) is 78.0 cm³/mol. The van der Waals surface area contributed by atoms with Crippen molar-refractivity contribution < 1.29 is 4.79 Å². The predicted octanol–water partition coefficient (Wildman–Crippen LogP) is 2.70. The summed E-state index contributed by atoms with van der Waals surface area (Å²) in [5.41, 5.74) is 2.38. The second-order valence-corrected chi connectivity index (χ2v) is 5.03. The van der Waals surface area contributed by atoms with Crippen molar-refractivity contribution in [2.45, 2.75) is 19.3 Å². The van der Waals surface area contributed by atoms with Gasteiger partial charge in [0.25, 0.3) is 0 Å². The Morgan fingerprint density at radius 2 is 1.80 bits per heavy atom. The van der Waals surface area contributed by atoms with Gasteiger partial charge in [0, 0.05) is 29.9 Å². The number of anilines is 1. The number of para-hydroxylation sites is 1. The van der Waals surface area contributed by atoms with E-state index >= 15 is 0 Å². The molecule has 0 spiro atoms. The van der Waals surface area contributed by atoms with E-state index in [2.05, 4.69) is 15.1 Å². The summed E-state index contributed by atoms with van der Waals surface area (Å²) >= 11 is 0. The molecular weight excluding hydrogens is 250 g/mol. The van der Waals surface area contributed by atoms with Gasteiger partial charge in [0.1, 0.15) is 0 Å². The summed E-state index contributed by atoms with van der Waals surface area (Å²) in [6.07, 6.45) is 6.74. The summed E-state index contributed by atoms with van der Waals surface area (Å²) in [5.74, 6) is 0.0149. The molecule has 4 nitrogen and oxygen atoms in total.